The summed E-state index contributed by atoms with van der Waals surface area (Å²) in [6.45, 7) is 0. The van der Waals surface area contributed by atoms with E-state index in [9.17, 15) is 15.0 Å². The van der Waals surface area contributed by atoms with E-state index in [2.05, 4.69) is 10.1 Å². The molecule has 0 spiro atoms. The van der Waals surface area contributed by atoms with E-state index in [1.807, 2.05) is 0 Å². The van der Waals surface area contributed by atoms with Crippen LogP contribution in [0.5, 0.6) is 0 Å². The maximum Gasteiger partial charge on any atom is 0.335 e. The highest BCUT2D eigenvalue weighted by atomic mass is 35.5. The molecule has 8 heteroatoms. The first-order chi connectivity index (χ1) is 8.00. The van der Waals surface area contributed by atoms with Crippen LogP contribution in [-0.4, -0.2) is 42.0 Å². The lowest BCUT2D eigenvalue weighted by Crippen LogP contribution is -2.28. The van der Waals surface area contributed by atoms with Crippen LogP contribution < -0.4 is 0 Å². The molecule has 2 atom stereocenters. The summed E-state index contributed by atoms with van der Waals surface area (Å²) in [5, 5.41) is 31.5. The van der Waals surface area contributed by atoms with Crippen LogP contribution in [0.1, 0.15) is 11.8 Å². The fraction of sp³-hybridized carbons (Fsp3) is 0.222. The van der Waals surface area contributed by atoms with Crippen molar-refractivity contribution in [3.8, 4) is 0 Å². The Bertz CT molecular complexity index is 570. The number of aliphatic hydroxyl groups is 2. The number of imidazole rings is 1. The first-order valence-electron chi connectivity index (χ1n) is 4.60. The van der Waals surface area contributed by atoms with Crippen LogP contribution in [0.2, 0.25) is 5.15 Å². The number of aliphatic carboxylic acids is 1. The number of halogens is 1. The number of aliphatic hydroxyl groups excluding tert-OH is 2. The second-order valence-electron chi connectivity index (χ2n) is 3.34. The molecular weight excluding hydrogens is 250 g/mol. The van der Waals surface area contributed by atoms with Crippen molar-refractivity contribution in [2.45, 2.75) is 12.2 Å². The standard InChI is InChI=1S/C9H8ClN3O4/c10-5-1-2-6-11-3-4(13(6)12-5)7(14)8(15)9(16)17/h1-3,7-8,14-15H,(H,16,17). The normalized spacial score (nSPS) is 14.8. The zero-order valence-corrected chi connectivity index (χ0v) is 9.11. The van der Waals surface area contributed by atoms with Crippen molar-refractivity contribution in [2.75, 3.05) is 0 Å². The van der Waals surface area contributed by atoms with Gasteiger partial charge in [-0.3, -0.25) is 0 Å². The third-order valence-corrected chi connectivity index (χ3v) is 2.41. The molecule has 17 heavy (non-hydrogen) atoms. The van der Waals surface area contributed by atoms with Crippen LogP contribution in [-0.2, 0) is 4.79 Å². The predicted octanol–water partition coefficient (Wildman–Crippen LogP) is -0.138. The molecule has 0 aliphatic heterocycles. The molecule has 0 aromatic carbocycles. The molecular formula is C9H8ClN3O4. The van der Waals surface area contributed by atoms with Crippen molar-refractivity contribution in [1.29, 1.82) is 0 Å². The fourth-order valence-corrected chi connectivity index (χ4v) is 1.51. The van der Waals surface area contributed by atoms with E-state index in [0.29, 0.717) is 5.65 Å². The average molecular weight is 258 g/mol. The van der Waals surface area contributed by atoms with E-state index >= 15 is 0 Å². The van der Waals surface area contributed by atoms with E-state index < -0.39 is 18.2 Å². The maximum atomic E-state index is 10.6. The van der Waals surface area contributed by atoms with Crippen molar-refractivity contribution in [3.05, 3.63) is 29.2 Å². The molecule has 2 unspecified atom stereocenters. The van der Waals surface area contributed by atoms with Crippen molar-refractivity contribution < 1.29 is 20.1 Å². The minimum atomic E-state index is -1.95. The van der Waals surface area contributed by atoms with Gasteiger partial charge in [-0.05, 0) is 12.1 Å². The van der Waals surface area contributed by atoms with Gasteiger partial charge < -0.3 is 15.3 Å². The molecule has 0 saturated carbocycles. The molecule has 0 aliphatic carbocycles. The van der Waals surface area contributed by atoms with Crippen LogP contribution >= 0.6 is 11.6 Å². The maximum absolute atomic E-state index is 10.6. The van der Waals surface area contributed by atoms with Gasteiger partial charge in [0.1, 0.15) is 11.3 Å². The van der Waals surface area contributed by atoms with Crippen LogP contribution in [0, 0.1) is 0 Å². The highest BCUT2D eigenvalue weighted by Gasteiger charge is 2.28. The number of hydrogen-bond donors (Lipinski definition) is 3. The fourth-order valence-electron chi connectivity index (χ4n) is 1.37. The lowest BCUT2D eigenvalue weighted by molar-refractivity contribution is -0.153. The SMILES string of the molecule is O=C(O)C(O)C(O)c1cnc2ccc(Cl)nn12. The summed E-state index contributed by atoms with van der Waals surface area (Å²) >= 11 is 5.67. The smallest absolute Gasteiger partial charge is 0.335 e. The molecule has 0 radical (unpaired) electrons. The van der Waals surface area contributed by atoms with Crippen LogP contribution in [0.25, 0.3) is 5.65 Å². The minimum Gasteiger partial charge on any atom is -0.479 e. The van der Waals surface area contributed by atoms with Gasteiger partial charge >= 0.3 is 5.97 Å². The van der Waals surface area contributed by atoms with E-state index in [1.165, 1.54) is 16.8 Å². The lowest BCUT2D eigenvalue weighted by Gasteiger charge is -2.12. The Labute approximate surface area is 99.9 Å². The largest absolute Gasteiger partial charge is 0.479 e. The Hall–Kier alpha value is -1.70. The van der Waals surface area contributed by atoms with E-state index in [0.717, 1.165) is 0 Å². The zero-order chi connectivity index (χ0) is 12.6. The Kier molecular flexibility index (Phi) is 2.97. The van der Waals surface area contributed by atoms with E-state index in [1.54, 1.807) is 6.07 Å². The third kappa shape index (κ3) is 2.07. The number of carboxylic acid groups (broad SMARTS) is 1. The summed E-state index contributed by atoms with van der Waals surface area (Å²) < 4.78 is 1.18. The van der Waals surface area contributed by atoms with Gasteiger partial charge in [0.25, 0.3) is 0 Å². The average Bonchev–Trinajstić information content (AvgIpc) is 2.69. The predicted molar refractivity (Wildman–Crippen MR) is 56.6 cm³/mol. The van der Waals surface area contributed by atoms with Gasteiger partial charge in [0.2, 0.25) is 0 Å². The van der Waals surface area contributed by atoms with Crippen molar-refractivity contribution >= 4 is 23.2 Å². The Balaban J connectivity index is 2.48. The molecule has 2 aromatic rings. The highest BCUT2D eigenvalue weighted by Crippen LogP contribution is 2.18. The van der Waals surface area contributed by atoms with Gasteiger partial charge in [-0.15, -0.1) is 0 Å². The molecule has 0 bridgehead atoms. The molecule has 0 aliphatic rings. The molecule has 0 saturated heterocycles. The number of carboxylic acids is 1. The number of fused-ring (bicyclic) bond motifs is 1. The second-order valence-corrected chi connectivity index (χ2v) is 3.72. The summed E-state index contributed by atoms with van der Waals surface area (Å²) in [7, 11) is 0. The minimum absolute atomic E-state index is 0.0531. The summed E-state index contributed by atoms with van der Waals surface area (Å²) in [4.78, 5) is 14.5. The van der Waals surface area contributed by atoms with Gasteiger partial charge in [0, 0.05) is 0 Å². The van der Waals surface area contributed by atoms with Crippen LogP contribution in [0.3, 0.4) is 0 Å². The number of aromatic nitrogens is 3. The lowest BCUT2D eigenvalue weighted by atomic mass is 10.1. The molecule has 7 nitrogen and oxygen atoms in total. The van der Waals surface area contributed by atoms with Gasteiger partial charge in [0.05, 0.1) is 11.9 Å². The van der Waals surface area contributed by atoms with E-state index in [-0.39, 0.29) is 10.8 Å². The molecule has 3 N–H and O–H groups in total. The van der Waals surface area contributed by atoms with Gasteiger partial charge in [-0.25, -0.2) is 14.3 Å². The summed E-state index contributed by atoms with van der Waals surface area (Å²) in [5.74, 6) is -1.53. The van der Waals surface area contributed by atoms with Crippen molar-refractivity contribution in [1.82, 2.24) is 14.6 Å². The molecule has 2 aromatic heterocycles. The summed E-state index contributed by atoms with van der Waals surface area (Å²) in [5.41, 5.74) is 0.443. The van der Waals surface area contributed by atoms with E-state index in [4.69, 9.17) is 16.7 Å². The quantitative estimate of drug-likeness (QED) is 0.706. The first kappa shape index (κ1) is 11.8. The first-order valence-corrected chi connectivity index (χ1v) is 4.97. The van der Waals surface area contributed by atoms with Gasteiger partial charge in [0.15, 0.2) is 11.8 Å². The number of nitrogens with zero attached hydrogens (tertiary/aromatic N) is 3. The molecule has 90 valence electrons. The molecule has 2 heterocycles. The summed E-state index contributed by atoms with van der Waals surface area (Å²) in [6.07, 6.45) is -2.35. The number of rotatable bonds is 3. The Morgan fingerprint density at radius 3 is 2.76 bits per heavy atom. The monoisotopic (exact) mass is 257 g/mol. The molecule has 0 amide bonds. The topological polar surface area (TPSA) is 108 Å². The zero-order valence-electron chi connectivity index (χ0n) is 8.36. The highest BCUT2D eigenvalue weighted by molar-refractivity contribution is 6.29. The van der Waals surface area contributed by atoms with Gasteiger partial charge in [-0.1, -0.05) is 11.6 Å². The molecule has 0 fully saturated rings. The molecule has 2 rings (SSSR count). The van der Waals surface area contributed by atoms with Crippen molar-refractivity contribution in [2.24, 2.45) is 0 Å². The van der Waals surface area contributed by atoms with Crippen LogP contribution in [0.15, 0.2) is 18.3 Å². The summed E-state index contributed by atoms with van der Waals surface area (Å²) in [6, 6.07) is 3.06. The Morgan fingerprint density at radius 2 is 2.12 bits per heavy atom. The van der Waals surface area contributed by atoms with Crippen molar-refractivity contribution in [3.63, 3.8) is 0 Å². The Morgan fingerprint density at radius 1 is 1.41 bits per heavy atom. The van der Waals surface area contributed by atoms with Gasteiger partial charge in [-0.2, -0.15) is 5.10 Å². The number of carbonyl (C=O) groups is 1. The van der Waals surface area contributed by atoms with Crippen LogP contribution in [0.4, 0.5) is 0 Å². The number of hydrogen-bond acceptors (Lipinski definition) is 5. The third-order valence-electron chi connectivity index (χ3n) is 2.21. The second kappa shape index (κ2) is 4.28.